The van der Waals surface area contributed by atoms with E-state index in [1.54, 1.807) is 26.0 Å². The number of nitrogens with zero attached hydrogens (tertiary/aromatic N) is 1. The average Bonchev–Trinajstić information content (AvgIpc) is 2.29. The van der Waals surface area contributed by atoms with E-state index >= 15 is 0 Å². The molecule has 0 bridgehead atoms. The van der Waals surface area contributed by atoms with Gasteiger partial charge in [-0.2, -0.15) is 0 Å². The Morgan fingerprint density at radius 1 is 1.47 bits per heavy atom. The Kier molecular flexibility index (Phi) is 4.07. The van der Waals surface area contributed by atoms with E-state index in [0.29, 0.717) is 0 Å². The Morgan fingerprint density at radius 2 is 2.06 bits per heavy atom. The zero-order valence-corrected chi connectivity index (χ0v) is 10.3. The van der Waals surface area contributed by atoms with Crippen LogP contribution in [-0.4, -0.2) is 16.7 Å². The number of carbonyl (C=O) groups is 1. The second-order valence-corrected chi connectivity index (χ2v) is 4.51. The molecule has 0 aliphatic rings. The number of benzene rings is 1. The van der Waals surface area contributed by atoms with Gasteiger partial charge in [-0.3, -0.25) is 14.9 Å². The Balaban J connectivity index is 2.97. The van der Waals surface area contributed by atoms with E-state index in [4.69, 9.17) is 11.6 Å². The van der Waals surface area contributed by atoms with E-state index in [9.17, 15) is 14.9 Å². The lowest BCUT2D eigenvalue weighted by Gasteiger charge is -2.20. The fraction of sp³-hybridized carbons (Fsp3) is 0.364. The first-order chi connectivity index (χ1) is 7.88. The van der Waals surface area contributed by atoms with E-state index in [1.165, 1.54) is 12.1 Å². The molecule has 0 aliphatic heterocycles. The van der Waals surface area contributed by atoms with Crippen molar-refractivity contribution in [1.82, 2.24) is 0 Å². The molecule has 0 aromatic heterocycles. The quantitative estimate of drug-likeness (QED) is 0.511. The van der Waals surface area contributed by atoms with E-state index < -0.39 is 10.3 Å². The first kappa shape index (κ1) is 13.4. The van der Waals surface area contributed by atoms with E-state index in [2.05, 4.69) is 5.32 Å². The Bertz CT molecular complexity index is 446. The molecule has 17 heavy (non-hydrogen) atoms. The second-order valence-electron chi connectivity index (χ2n) is 4.25. The van der Waals surface area contributed by atoms with Gasteiger partial charge in [0.15, 0.2) is 0 Å². The lowest BCUT2D eigenvalue weighted by Crippen LogP contribution is -2.32. The fourth-order valence-corrected chi connectivity index (χ4v) is 1.21. The van der Waals surface area contributed by atoms with Gasteiger partial charge < -0.3 is 5.32 Å². The number of carbonyl (C=O) groups excluding carboxylic acids is 1. The number of nitrogens with one attached hydrogen (secondary N) is 1. The Labute approximate surface area is 104 Å². The van der Waals surface area contributed by atoms with Crippen LogP contribution in [0.1, 0.15) is 13.8 Å². The number of rotatable bonds is 4. The Morgan fingerprint density at radius 3 is 2.59 bits per heavy atom. The van der Waals surface area contributed by atoms with E-state index in [0.717, 1.165) is 0 Å². The largest absolute Gasteiger partial charge is 0.320 e. The minimum atomic E-state index is -0.773. The summed E-state index contributed by atoms with van der Waals surface area (Å²) < 4.78 is 0. The number of hydrogen-bond acceptors (Lipinski definition) is 3. The van der Waals surface area contributed by atoms with Gasteiger partial charge in [0.1, 0.15) is 5.69 Å². The molecular weight excluding hydrogens is 244 g/mol. The van der Waals surface area contributed by atoms with Gasteiger partial charge in [-0.15, -0.1) is 11.6 Å². The third kappa shape index (κ3) is 3.17. The summed E-state index contributed by atoms with van der Waals surface area (Å²) in [7, 11) is 0. The Hall–Kier alpha value is -1.62. The van der Waals surface area contributed by atoms with E-state index in [-0.39, 0.29) is 23.2 Å². The smallest absolute Gasteiger partial charge is 0.292 e. The molecule has 0 fully saturated rings. The predicted molar refractivity (Wildman–Crippen MR) is 66.2 cm³/mol. The molecule has 1 aromatic rings. The number of nitro groups is 1. The van der Waals surface area contributed by atoms with Crippen molar-refractivity contribution in [3.63, 3.8) is 0 Å². The first-order valence-electron chi connectivity index (χ1n) is 4.99. The molecule has 0 aliphatic carbocycles. The molecule has 0 saturated heterocycles. The molecule has 1 aromatic carbocycles. The number of nitro benzene ring substituents is 1. The summed E-state index contributed by atoms with van der Waals surface area (Å²) in [5, 5.41) is 13.3. The number of amides is 1. The molecular formula is C11H13ClN2O3. The van der Waals surface area contributed by atoms with Gasteiger partial charge in [0, 0.05) is 11.9 Å². The molecule has 0 radical (unpaired) electrons. The monoisotopic (exact) mass is 256 g/mol. The van der Waals surface area contributed by atoms with Crippen molar-refractivity contribution >= 4 is 28.9 Å². The van der Waals surface area contributed by atoms with Gasteiger partial charge in [-0.1, -0.05) is 12.1 Å². The van der Waals surface area contributed by atoms with Crippen LogP contribution in [0.3, 0.4) is 0 Å². The topological polar surface area (TPSA) is 72.2 Å². The van der Waals surface area contributed by atoms with Crippen molar-refractivity contribution in [2.75, 3.05) is 11.2 Å². The van der Waals surface area contributed by atoms with Crippen molar-refractivity contribution in [3.05, 3.63) is 34.4 Å². The van der Waals surface area contributed by atoms with Crippen LogP contribution in [0.15, 0.2) is 24.3 Å². The van der Waals surface area contributed by atoms with Crippen LogP contribution in [-0.2, 0) is 4.79 Å². The van der Waals surface area contributed by atoms with E-state index in [1.807, 2.05) is 0 Å². The van der Waals surface area contributed by atoms with Gasteiger partial charge >= 0.3 is 0 Å². The summed E-state index contributed by atoms with van der Waals surface area (Å²) in [6.07, 6.45) is 0. The SMILES string of the molecule is CC(C)(CCl)C(=O)Nc1ccccc1[N+](=O)[O-]. The van der Waals surface area contributed by atoms with Crippen LogP contribution >= 0.6 is 11.6 Å². The maximum absolute atomic E-state index is 11.8. The predicted octanol–water partition coefficient (Wildman–Crippen LogP) is 2.80. The summed E-state index contributed by atoms with van der Waals surface area (Å²) in [6, 6.07) is 5.99. The number of anilines is 1. The van der Waals surface area contributed by atoms with Gasteiger partial charge in [-0.25, -0.2) is 0 Å². The van der Waals surface area contributed by atoms with Gasteiger partial charge in [0.2, 0.25) is 5.91 Å². The lowest BCUT2D eigenvalue weighted by atomic mass is 9.95. The van der Waals surface area contributed by atoms with Crippen molar-refractivity contribution in [3.8, 4) is 0 Å². The average molecular weight is 257 g/mol. The summed E-state index contributed by atoms with van der Waals surface area (Å²) in [6.45, 7) is 3.34. The van der Waals surface area contributed by atoms with Crippen molar-refractivity contribution < 1.29 is 9.72 Å². The van der Waals surface area contributed by atoms with Gasteiger partial charge in [-0.05, 0) is 19.9 Å². The molecule has 1 rings (SSSR count). The van der Waals surface area contributed by atoms with Crippen LogP contribution in [0, 0.1) is 15.5 Å². The van der Waals surface area contributed by atoms with Crippen molar-refractivity contribution in [2.24, 2.45) is 5.41 Å². The van der Waals surface area contributed by atoms with Crippen LogP contribution in [0.2, 0.25) is 0 Å². The molecule has 0 unspecified atom stereocenters. The highest BCUT2D eigenvalue weighted by molar-refractivity contribution is 6.20. The molecule has 92 valence electrons. The molecule has 1 N–H and O–H groups in total. The molecule has 6 heteroatoms. The van der Waals surface area contributed by atoms with Gasteiger partial charge in [0.05, 0.1) is 10.3 Å². The summed E-state index contributed by atoms with van der Waals surface area (Å²) >= 11 is 5.66. The molecule has 1 amide bonds. The number of halogens is 1. The summed E-state index contributed by atoms with van der Waals surface area (Å²) in [4.78, 5) is 22.0. The third-order valence-corrected chi connectivity index (χ3v) is 2.97. The molecule has 0 saturated carbocycles. The maximum atomic E-state index is 11.8. The van der Waals surface area contributed by atoms with Crippen molar-refractivity contribution in [1.29, 1.82) is 0 Å². The summed E-state index contributed by atoms with van der Waals surface area (Å²) in [5.41, 5.74) is -0.724. The zero-order valence-electron chi connectivity index (χ0n) is 9.57. The highest BCUT2D eigenvalue weighted by Crippen LogP contribution is 2.26. The van der Waals surface area contributed by atoms with Crippen LogP contribution in [0.25, 0.3) is 0 Å². The minimum absolute atomic E-state index is 0.133. The maximum Gasteiger partial charge on any atom is 0.292 e. The second kappa shape index (κ2) is 5.14. The summed E-state index contributed by atoms with van der Waals surface area (Å²) in [5.74, 6) is -0.207. The normalized spacial score (nSPS) is 11.0. The molecule has 0 atom stereocenters. The number of hydrogen-bond donors (Lipinski definition) is 1. The molecule has 0 heterocycles. The fourth-order valence-electron chi connectivity index (χ4n) is 1.09. The highest BCUT2D eigenvalue weighted by atomic mass is 35.5. The zero-order chi connectivity index (χ0) is 13.1. The lowest BCUT2D eigenvalue weighted by molar-refractivity contribution is -0.383. The van der Waals surface area contributed by atoms with Crippen LogP contribution in [0.4, 0.5) is 11.4 Å². The number of para-hydroxylation sites is 2. The van der Waals surface area contributed by atoms with Gasteiger partial charge in [0.25, 0.3) is 5.69 Å². The highest BCUT2D eigenvalue weighted by Gasteiger charge is 2.28. The molecule has 5 nitrogen and oxygen atoms in total. The van der Waals surface area contributed by atoms with Crippen LogP contribution in [0.5, 0.6) is 0 Å². The first-order valence-corrected chi connectivity index (χ1v) is 5.53. The standard InChI is InChI=1S/C11H13ClN2O3/c1-11(2,7-12)10(15)13-8-5-3-4-6-9(8)14(16)17/h3-6H,7H2,1-2H3,(H,13,15). The van der Waals surface area contributed by atoms with Crippen LogP contribution < -0.4 is 5.32 Å². The minimum Gasteiger partial charge on any atom is -0.320 e. The third-order valence-electron chi connectivity index (χ3n) is 2.30. The number of alkyl halides is 1. The molecule has 0 spiro atoms. The van der Waals surface area contributed by atoms with Crippen molar-refractivity contribution in [2.45, 2.75) is 13.8 Å².